The molecule has 0 aliphatic rings. The smallest absolute Gasteiger partial charge is 0.0306 e. The lowest BCUT2D eigenvalue weighted by Gasteiger charge is -2.35. The summed E-state index contributed by atoms with van der Waals surface area (Å²) in [6.45, 7) is 12.2. The molecule has 0 fully saturated rings. The maximum absolute atomic E-state index is 4.26. The Kier molecular flexibility index (Phi) is 4.70. The Morgan fingerprint density at radius 2 is 1.82 bits per heavy atom. The average molecular weight is 234 g/mol. The highest BCUT2D eigenvalue weighted by Crippen LogP contribution is 2.30. The summed E-state index contributed by atoms with van der Waals surface area (Å²) in [5.74, 6) is 0. The van der Waals surface area contributed by atoms with Gasteiger partial charge in [-0.2, -0.15) is 0 Å². The molecule has 2 heteroatoms. The molecule has 0 aromatic carbocycles. The van der Waals surface area contributed by atoms with E-state index in [-0.39, 0.29) is 11.0 Å². The standard InChI is InChI=1S/C15H26N2/c1-6-15(7-2,12-17-14(3,4)5)13-9-8-10-16-11-13/h8-11,17H,6-7,12H2,1-5H3. The molecule has 0 radical (unpaired) electrons. The van der Waals surface area contributed by atoms with Crippen molar-refractivity contribution >= 4 is 0 Å². The van der Waals surface area contributed by atoms with Gasteiger partial charge >= 0.3 is 0 Å². The van der Waals surface area contributed by atoms with Crippen molar-refractivity contribution in [3.8, 4) is 0 Å². The van der Waals surface area contributed by atoms with Crippen LogP contribution in [0.3, 0.4) is 0 Å². The van der Waals surface area contributed by atoms with Crippen LogP contribution in [0.1, 0.15) is 53.0 Å². The Balaban J connectivity index is 2.90. The topological polar surface area (TPSA) is 24.9 Å². The quantitative estimate of drug-likeness (QED) is 0.843. The number of nitrogens with one attached hydrogen (secondary N) is 1. The third-order valence-electron chi connectivity index (χ3n) is 3.58. The first-order valence-corrected chi connectivity index (χ1v) is 6.59. The van der Waals surface area contributed by atoms with Gasteiger partial charge in [0.25, 0.3) is 0 Å². The molecule has 0 atom stereocenters. The summed E-state index contributed by atoms with van der Waals surface area (Å²) in [6, 6.07) is 4.23. The van der Waals surface area contributed by atoms with Crippen molar-refractivity contribution in [2.45, 2.75) is 58.4 Å². The van der Waals surface area contributed by atoms with Gasteiger partial charge in [0, 0.05) is 29.9 Å². The summed E-state index contributed by atoms with van der Waals surface area (Å²) in [5.41, 5.74) is 1.72. The monoisotopic (exact) mass is 234 g/mol. The van der Waals surface area contributed by atoms with Crippen LogP contribution in [0.25, 0.3) is 0 Å². The van der Waals surface area contributed by atoms with Crippen LogP contribution < -0.4 is 5.32 Å². The first-order valence-electron chi connectivity index (χ1n) is 6.59. The van der Waals surface area contributed by atoms with Crippen LogP contribution in [0.4, 0.5) is 0 Å². The minimum absolute atomic E-state index is 0.164. The van der Waals surface area contributed by atoms with Crippen molar-refractivity contribution in [3.05, 3.63) is 30.1 Å². The van der Waals surface area contributed by atoms with Gasteiger partial charge in [0.05, 0.1) is 0 Å². The molecular weight excluding hydrogens is 208 g/mol. The molecule has 0 aliphatic carbocycles. The molecule has 1 N–H and O–H groups in total. The second-order valence-electron chi connectivity index (χ2n) is 5.83. The zero-order chi connectivity index (χ0) is 12.9. The zero-order valence-corrected chi connectivity index (χ0v) is 11.9. The molecule has 1 aromatic rings. The third kappa shape index (κ3) is 3.81. The van der Waals surface area contributed by atoms with Gasteiger partial charge in [-0.3, -0.25) is 4.98 Å². The molecule has 0 saturated heterocycles. The molecule has 96 valence electrons. The highest BCUT2D eigenvalue weighted by atomic mass is 15.0. The Bertz CT molecular complexity index is 321. The predicted molar refractivity (Wildman–Crippen MR) is 74.3 cm³/mol. The highest BCUT2D eigenvalue weighted by molar-refractivity contribution is 5.22. The molecule has 0 unspecified atom stereocenters. The van der Waals surface area contributed by atoms with Gasteiger partial charge in [-0.15, -0.1) is 0 Å². The average Bonchev–Trinajstić information content (AvgIpc) is 2.31. The van der Waals surface area contributed by atoms with Crippen molar-refractivity contribution in [2.75, 3.05) is 6.54 Å². The fourth-order valence-electron chi connectivity index (χ4n) is 2.12. The minimum Gasteiger partial charge on any atom is -0.311 e. The van der Waals surface area contributed by atoms with Crippen molar-refractivity contribution < 1.29 is 0 Å². The maximum atomic E-state index is 4.26. The Hall–Kier alpha value is -0.890. The molecule has 1 aromatic heterocycles. The lowest BCUT2D eigenvalue weighted by molar-refractivity contribution is 0.312. The summed E-state index contributed by atoms with van der Waals surface area (Å²) >= 11 is 0. The number of hydrogen-bond acceptors (Lipinski definition) is 2. The molecule has 0 saturated carbocycles. The van der Waals surface area contributed by atoms with E-state index >= 15 is 0 Å². The van der Waals surface area contributed by atoms with E-state index in [1.807, 2.05) is 18.5 Å². The van der Waals surface area contributed by atoms with E-state index in [2.05, 4.69) is 51.0 Å². The van der Waals surface area contributed by atoms with Gasteiger partial charge in [-0.1, -0.05) is 19.9 Å². The van der Waals surface area contributed by atoms with E-state index in [0.717, 1.165) is 19.4 Å². The van der Waals surface area contributed by atoms with Crippen LogP contribution in [0.15, 0.2) is 24.5 Å². The zero-order valence-electron chi connectivity index (χ0n) is 11.9. The van der Waals surface area contributed by atoms with E-state index in [4.69, 9.17) is 0 Å². The van der Waals surface area contributed by atoms with Gasteiger partial charge in [0.15, 0.2) is 0 Å². The fourth-order valence-corrected chi connectivity index (χ4v) is 2.12. The van der Waals surface area contributed by atoms with Gasteiger partial charge in [-0.25, -0.2) is 0 Å². The summed E-state index contributed by atoms with van der Waals surface area (Å²) in [4.78, 5) is 4.26. The van der Waals surface area contributed by atoms with Crippen molar-refractivity contribution in [1.82, 2.24) is 10.3 Å². The van der Waals surface area contributed by atoms with Crippen LogP contribution in [0.5, 0.6) is 0 Å². The lowest BCUT2D eigenvalue weighted by Crippen LogP contribution is -2.45. The van der Waals surface area contributed by atoms with Crippen molar-refractivity contribution in [3.63, 3.8) is 0 Å². The Morgan fingerprint density at radius 3 is 2.24 bits per heavy atom. The van der Waals surface area contributed by atoms with Crippen LogP contribution >= 0.6 is 0 Å². The summed E-state index contributed by atoms with van der Waals surface area (Å²) in [5, 5.41) is 3.64. The molecule has 0 bridgehead atoms. The van der Waals surface area contributed by atoms with E-state index in [1.54, 1.807) is 0 Å². The molecule has 1 rings (SSSR count). The predicted octanol–water partition coefficient (Wildman–Crippen LogP) is 3.53. The summed E-state index contributed by atoms with van der Waals surface area (Å²) in [7, 11) is 0. The van der Waals surface area contributed by atoms with Crippen LogP contribution in [0.2, 0.25) is 0 Å². The Labute approximate surface area is 106 Å². The van der Waals surface area contributed by atoms with E-state index in [9.17, 15) is 0 Å². The van der Waals surface area contributed by atoms with Crippen LogP contribution in [-0.4, -0.2) is 17.1 Å². The lowest BCUT2D eigenvalue weighted by atomic mass is 9.76. The van der Waals surface area contributed by atoms with Crippen LogP contribution in [0, 0.1) is 0 Å². The number of hydrogen-bond donors (Lipinski definition) is 1. The number of pyridine rings is 1. The molecule has 0 aliphatic heterocycles. The SMILES string of the molecule is CCC(CC)(CNC(C)(C)C)c1cccnc1. The minimum atomic E-state index is 0.164. The van der Waals surface area contributed by atoms with Crippen molar-refractivity contribution in [1.29, 1.82) is 0 Å². The molecule has 0 amide bonds. The van der Waals surface area contributed by atoms with E-state index in [1.165, 1.54) is 5.56 Å². The second-order valence-corrected chi connectivity index (χ2v) is 5.83. The first-order chi connectivity index (χ1) is 7.93. The first kappa shape index (κ1) is 14.2. The molecule has 0 spiro atoms. The number of rotatable bonds is 5. The van der Waals surface area contributed by atoms with Gasteiger partial charge < -0.3 is 5.32 Å². The van der Waals surface area contributed by atoms with Gasteiger partial charge in [0.1, 0.15) is 0 Å². The van der Waals surface area contributed by atoms with E-state index < -0.39 is 0 Å². The maximum Gasteiger partial charge on any atom is 0.0306 e. The molecule has 2 nitrogen and oxygen atoms in total. The summed E-state index contributed by atoms with van der Waals surface area (Å²) in [6.07, 6.45) is 6.13. The summed E-state index contributed by atoms with van der Waals surface area (Å²) < 4.78 is 0. The van der Waals surface area contributed by atoms with Gasteiger partial charge in [0.2, 0.25) is 0 Å². The molecule has 17 heavy (non-hydrogen) atoms. The Morgan fingerprint density at radius 1 is 1.18 bits per heavy atom. The second kappa shape index (κ2) is 5.63. The van der Waals surface area contributed by atoms with Gasteiger partial charge in [-0.05, 0) is 45.2 Å². The normalized spacial score (nSPS) is 12.8. The molecule has 1 heterocycles. The van der Waals surface area contributed by atoms with Crippen molar-refractivity contribution in [2.24, 2.45) is 0 Å². The number of aromatic nitrogens is 1. The largest absolute Gasteiger partial charge is 0.311 e. The fraction of sp³-hybridized carbons (Fsp3) is 0.667. The highest BCUT2D eigenvalue weighted by Gasteiger charge is 2.29. The van der Waals surface area contributed by atoms with E-state index in [0.29, 0.717) is 0 Å². The van der Waals surface area contributed by atoms with Crippen LogP contribution in [-0.2, 0) is 5.41 Å². The molecular formula is C15H26N2. The third-order valence-corrected chi connectivity index (χ3v) is 3.58. The number of nitrogens with zero attached hydrogens (tertiary/aromatic N) is 1.